The summed E-state index contributed by atoms with van der Waals surface area (Å²) >= 11 is 4.13. The van der Waals surface area contributed by atoms with E-state index in [0.717, 1.165) is 13.1 Å². The Morgan fingerprint density at radius 1 is 1.33 bits per heavy atom. The Morgan fingerprint density at radius 3 is 2.67 bits per heavy atom. The maximum absolute atomic E-state index is 4.31. The Labute approximate surface area is 126 Å². The quantitative estimate of drug-likeness (QED) is 0.830. The summed E-state index contributed by atoms with van der Waals surface area (Å²) in [5.74, 6) is 0. The lowest BCUT2D eigenvalue weighted by molar-refractivity contribution is 0.426. The fourth-order valence-electron chi connectivity index (χ4n) is 1.54. The largest absolute Gasteiger partial charge is 0.307 e. The molecule has 0 aromatic carbocycles. The van der Waals surface area contributed by atoms with Crippen molar-refractivity contribution in [2.75, 3.05) is 0 Å². The van der Waals surface area contributed by atoms with Crippen LogP contribution in [0, 0.1) is 3.57 Å². The zero-order valence-electron chi connectivity index (χ0n) is 10.9. The lowest BCUT2D eigenvalue weighted by atomic mass is 10.1. The van der Waals surface area contributed by atoms with Gasteiger partial charge in [0, 0.05) is 28.0 Å². The van der Waals surface area contributed by atoms with Crippen LogP contribution >= 0.6 is 33.9 Å². The molecule has 0 atom stereocenters. The molecule has 0 amide bonds. The fourth-order valence-corrected chi connectivity index (χ4v) is 2.94. The number of nitrogens with zero attached hydrogens (tertiary/aromatic N) is 2. The fraction of sp³-hybridized carbons (Fsp3) is 0.462. The second-order valence-corrected chi connectivity index (χ2v) is 7.83. The molecule has 5 heteroatoms. The molecule has 0 spiro atoms. The first-order chi connectivity index (χ1) is 8.42. The van der Waals surface area contributed by atoms with Crippen molar-refractivity contribution in [3.63, 3.8) is 0 Å². The van der Waals surface area contributed by atoms with E-state index in [-0.39, 0.29) is 5.54 Å². The van der Waals surface area contributed by atoms with Crippen LogP contribution in [-0.2, 0) is 13.1 Å². The predicted molar refractivity (Wildman–Crippen MR) is 85.0 cm³/mol. The molecule has 0 aliphatic heterocycles. The van der Waals surface area contributed by atoms with Gasteiger partial charge in [-0.2, -0.15) is 5.10 Å². The van der Waals surface area contributed by atoms with E-state index in [4.69, 9.17) is 0 Å². The minimum atomic E-state index is 0.169. The molecule has 3 nitrogen and oxygen atoms in total. The Morgan fingerprint density at radius 2 is 2.06 bits per heavy atom. The van der Waals surface area contributed by atoms with Crippen molar-refractivity contribution in [2.24, 2.45) is 0 Å². The first-order valence-corrected chi connectivity index (χ1v) is 7.82. The normalized spacial score (nSPS) is 12.0. The zero-order chi connectivity index (χ0) is 13.2. The molecule has 2 rings (SSSR count). The highest BCUT2D eigenvalue weighted by atomic mass is 127. The van der Waals surface area contributed by atoms with Crippen LogP contribution in [0.3, 0.4) is 0 Å². The summed E-state index contributed by atoms with van der Waals surface area (Å²) in [6.07, 6.45) is 3.95. The van der Waals surface area contributed by atoms with E-state index >= 15 is 0 Å². The van der Waals surface area contributed by atoms with Gasteiger partial charge in [0.05, 0.1) is 16.3 Å². The molecule has 0 unspecified atom stereocenters. The molecule has 0 saturated carbocycles. The maximum Gasteiger partial charge on any atom is 0.0752 e. The van der Waals surface area contributed by atoms with Gasteiger partial charge in [0.2, 0.25) is 0 Å². The third-order valence-corrected chi connectivity index (χ3v) is 4.06. The number of hydrogen-bond acceptors (Lipinski definition) is 3. The minimum Gasteiger partial charge on any atom is -0.307 e. The number of hydrogen-bond donors (Lipinski definition) is 1. The Balaban J connectivity index is 1.94. The van der Waals surface area contributed by atoms with Crippen molar-refractivity contribution < 1.29 is 0 Å². The molecule has 0 bridgehead atoms. The van der Waals surface area contributed by atoms with Gasteiger partial charge in [-0.15, -0.1) is 11.3 Å². The number of thiophene rings is 1. The number of nitrogens with one attached hydrogen (secondary N) is 1. The second kappa shape index (κ2) is 5.71. The molecule has 0 fully saturated rings. The molecule has 2 heterocycles. The number of halogens is 1. The molecule has 2 aromatic rings. The van der Waals surface area contributed by atoms with Gasteiger partial charge in [0.1, 0.15) is 0 Å². The highest BCUT2D eigenvalue weighted by Gasteiger charge is 2.09. The van der Waals surface area contributed by atoms with Crippen LogP contribution in [-0.4, -0.2) is 15.3 Å². The van der Waals surface area contributed by atoms with Crippen molar-refractivity contribution in [1.82, 2.24) is 15.1 Å². The van der Waals surface area contributed by atoms with Crippen LogP contribution in [0.4, 0.5) is 0 Å². The summed E-state index contributed by atoms with van der Waals surface area (Å²) < 4.78 is 3.16. The Kier molecular flexibility index (Phi) is 4.45. The lowest BCUT2D eigenvalue weighted by Gasteiger charge is -2.19. The summed E-state index contributed by atoms with van der Waals surface area (Å²) in [5.41, 5.74) is 0.169. The topological polar surface area (TPSA) is 29.9 Å². The highest BCUT2D eigenvalue weighted by molar-refractivity contribution is 14.1. The van der Waals surface area contributed by atoms with Gasteiger partial charge in [0.25, 0.3) is 0 Å². The summed E-state index contributed by atoms with van der Waals surface area (Å²) in [6, 6.07) is 4.39. The molecule has 0 aliphatic rings. The monoisotopic (exact) mass is 375 g/mol. The molecular weight excluding hydrogens is 357 g/mol. The average molecular weight is 375 g/mol. The Bertz CT molecular complexity index is 510. The smallest absolute Gasteiger partial charge is 0.0752 e. The van der Waals surface area contributed by atoms with E-state index in [2.05, 4.69) is 72.1 Å². The summed E-state index contributed by atoms with van der Waals surface area (Å²) in [5, 5.41) is 7.81. The summed E-state index contributed by atoms with van der Waals surface area (Å²) in [4.78, 5) is 2.72. The SMILES string of the molecule is CC(C)(C)NCc1ccc(Cn2cc(I)cn2)s1. The maximum atomic E-state index is 4.31. The van der Waals surface area contributed by atoms with E-state index in [1.165, 1.54) is 13.3 Å². The summed E-state index contributed by atoms with van der Waals surface area (Å²) in [7, 11) is 0. The standard InChI is InChI=1S/C13H18IN3S/c1-13(2,3)15-7-11-4-5-12(18-11)9-17-8-10(14)6-16-17/h4-6,8,15H,7,9H2,1-3H3. The summed E-state index contributed by atoms with van der Waals surface area (Å²) in [6.45, 7) is 8.36. The van der Waals surface area contributed by atoms with Gasteiger partial charge in [-0.3, -0.25) is 4.68 Å². The van der Waals surface area contributed by atoms with E-state index in [1.54, 1.807) is 0 Å². The van der Waals surface area contributed by atoms with Crippen LogP contribution in [0.25, 0.3) is 0 Å². The van der Waals surface area contributed by atoms with Gasteiger partial charge in [-0.1, -0.05) is 0 Å². The Hall–Kier alpha value is -0.400. The molecule has 98 valence electrons. The second-order valence-electron chi connectivity index (χ2n) is 5.33. The van der Waals surface area contributed by atoms with E-state index in [0.29, 0.717) is 0 Å². The molecule has 0 aliphatic carbocycles. The first-order valence-electron chi connectivity index (χ1n) is 5.93. The van der Waals surface area contributed by atoms with Crippen LogP contribution < -0.4 is 5.32 Å². The van der Waals surface area contributed by atoms with Crippen molar-refractivity contribution in [3.8, 4) is 0 Å². The minimum absolute atomic E-state index is 0.169. The number of rotatable bonds is 4. The molecular formula is C13H18IN3S. The van der Waals surface area contributed by atoms with Gasteiger partial charge in [0.15, 0.2) is 0 Å². The third kappa shape index (κ3) is 4.37. The lowest BCUT2D eigenvalue weighted by Crippen LogP contribution is -2.34. The molecule has 0 radical (unpaired) electrons. The van der Waals surface area contributed by atoms with Crippen LogP contribution in [0.2, 0.25) is 0 Å². The predicted octanol–water partition coefficient (Wildman–Crippen LogP) is 3.49. The van der Waals surface area contributed by atoms with Gasteiger partial charge < -0.3 is 5.32 Å². The zero-order valence-corrected chi connectivity index (χ0v) is 13.9. The molecule has 18 heavy (non-hydrogen) atoms. The van der Waals surface area contributed by atoms with E-state index < -0.39 is 0 Å². The molecule has 0 saturated heterocycles. The third-order valence-electron chi connectivity index (χ3n) is 2.43. The molecule has 2 aromatic heterocycles. The van der Waals surface area contributed by atoms with Crippen molar-refractivity contribution in [1.29, 1.82) is 0 Å². The van der Waals surface area contributed by atoms with Crippen molar-refractivity contribution in [2.45, 2.75) is 39.4 Å². The van der Waals surface area contributed by atoms with Gasteiger partial charge in [-0.25, -0.2) is 0 Å². The first kappa shape index (κ1) is 14.0. The van der Waals surface area contributed by atoms with Gasteiger partial charge in [-0.05, 0) is 55.5 Å². The van der Waals surface area contributed by atoms with Crippen molar-refractivity contribution >= 4 is 33.9 Å². The van der Waals surface area contributed by atoms with Crippen LogP contribution in [0.1, 0.15) is 30.5 Å². The van der Waals surface area contributed by atoms with Crippen LogP contribution in [0.15, 0.2) is 24.5 Å². The number of aromatic nitrogens is 2. The van der Waals surface area contributed by atoms with Crippen LogP contribution in [0.5, 0.6) is 0 Å². The van der Waals surface area contributed by atoms with E-state index in [9.17, 15) is 0 Å². The van der Waals surface area contributed by atoms with E-state index in [1.807, 2.05) is 22.2 Å². The molecule has 1 N–H and O–H groups in total. The average Bonchev–Trinajstić information content (AvgIpc) is 2.85. The highest BCUT2D eigenvalue weighted by Crippen LogP contribution is 2.18. The van der Waals surface area contributed by atoms with Crippen molar-refractivity contribution in [3.05, 3.63) is 37.9 Å². The van der Waals surface area contributed by atoms with Gasteiger partial charge >= 0.3 is 0 Å².